The molecule has 2 aromatic rings. The maximum absolute atomic E-state index is 13.8. The second-order valence-corrected chi connectivity index (χ2v) is 12.1. The minimum Gasteiger partial charge on any atom is -0.354 e. The van der Waals surface area contributed by atoms with Crippen molar-refractivity contribution in [1.29, 1.82) is 0 Å². The van der Waals surface area contributed by atoms with Crippen LogP contribution in [0.2, 0.25) is 10.0 Å². The monoisotopic (exact) mass is 569 g/mol. The summed E-state index contributed by atoms with van der Waals surface area (Å²) >= 11 is 12.5. The Bertz CT molecular complexity index is 1190. The number of hydrogen-bond acceptors (Lipinski definition) is 4. The minimum absolute atomic E-state index is 0.0258. The van der Waals surface area contributed by atoms with E-state index in [4.69, 9.17) is 23.2 Å². The smallest absolute Gasteiger partial charge is 0.244 e. The molecule has 0 heterocycles. The van der Waals surface area contributed by atoms with Gasteiger partial charge in [0.1, 0.15) is 12.6 Å². The molecular weight excluding hydrogens is 533 g/mol. The van der Waals surface area contributed by atoms with Gasteiger partial charge in [-0.15, -0.1) is 0 Å². The number of para-hydroxylation sites is 1. The molecule has 0 fully saturated rings. The molecule has 204 valence electrons. The van der Waals surface area contributed by atoms with Gasteiger partial charge in [0.2, 0.25) is 21.8 Å². The fourth-order valence-corrected chi connectivity index (χ4v) is 5.39. The van der Waals surface area contributed by atoms with Crippen LogP contribution in [-0.2, 0) is 26.2 Å². The standard InChI is InChI=1S/C27H37Cl2N3O4S/c1-6-8-15-30-27(34)24(7-2)31(17-20-13-14-21(28)16-23(20)29)26(33)18-32(37(5,35)36)25-12-10-9-11-22(25)19(3)4/h9-14,16,19,24H,6-8,15,17-18H2,1-5H3,(H,30,34)/t24-/m0/s1. The number of sulfonamides is 1. The zero-order valence-corrected chi connectivity index (χ0v) is 24.5. The van der Waals surface area contributed by atoms with Gasteiger partial charge in [-0.3, -0.25) is 13.9 Å². The van der Waals surface area contributed by atoms with Crippen molar-refractivity contribution in [2.75, 3.05) is 23.7 Å². The van der Waals surface area contributed by atoms with E-state index in [1.807, 2.05) is 39.8 Å². The maximum atomic E-state index is 13.8. The zero-order chi connectivity index (χ0) is 27.8. The van der Waals surface area contributed by atoms with E-state index in [2.05, 4.69) is 5.32 Å². The first-order valence-electron chi connectivity index (χ1n) is 12.5. The third-order valence-electron chi connectivity index (χ3n) is 6.08. The van der Waals surface area contributed by atoms with Gasteiger partial charge in [-0.1, -0.05) is 81.6 Å². The fraction of sp³-hybridized carbons (Fsp3) is 0.481. The Morgan fingerprint density at radius 1 is 1.05 bits per heavy atom. The predicted molar refractivity (Wildman–Crippen MR) is 152 cm³/mol. The van der Waals surface area contributed by atoms with Crippen molar-refractivity contribution in [3.63, 3.8) is 0 Å². The third kappa shape index (κ3) is 8.62. The van der Waals surface area contributed by atoms with Gasteiger partial charge in [-0.25, -0.2) is 8.42 Å². The van der Waals surface area contributed by atoms with Crippen LogP contribution in [0, 0.1) is 0 Å². The molecule has 0 aromatic heterocycles. The summed E-state index contributed by atoms with van der Waals surface area (Å²) in [7, 11) is -3.82. The summed E-state index contributed by atoms with van der Waals surface area (Å²) in [5, 5.41) is 3.71. The van der Waals surface area contributed by atoms with Gasteiger partial charge in [0.25, 0.3) is 0 Å². The lowest BCUT2D eigenvalue weighted by Gasteiger charge is -2.33. The quantitative estimate of drug-likeness (QED) is 0.318. The van der Waals surface area contributed by atoms with Crippen molar-refractivity contribution < 1.29 is 18.0 Å². The van der Waals surface area contributed by atoms with Crippen molar-refractivity contribution in [2.24, 2.45) is 0 Å². The van der Waals surface area contributed by atoms with Crippen molar-refractivity contribution in [3.05, 3.63) is 63.6 Å². The van der Waals surface area contributed by atoms with Gasteiger partial charge in [0.15, 0.2) is 0 Å². The minimum atomic E-state index is -3.82. The molecular formula is C27H37Cl2N3O4S. The molecule has 1 atom stereocenters. The number of carbonyl (C=O) groups excluding carboxylic acids is 2. The van der Waals surface area contributed by atoms with Gasteiger partial charge < -0.3 is 10.2 Å². The Morgan fingerprint density at radius 3 is 2.30 bits per heavy atom. The molecule has 10 heteroatoms. The van der Waals surface area contributed by atoms with Crippen molar-refractivity contribution in [3.8, 4) is 0 Å². The first kappa shape index (κ1) is 30.9. The Hall–Kier alpha value is -2.29. The van der Waals surface area contributed by atoms with E-state index in [1.54, 1.807) is 30.3 Å². The van der Waals surface area contributed by atoms with Crippen LogP contribution in [0.25, 0.3) is 0 Å². The summed E-state index contributed by atoms with van der Waals surface area (Å²) in [6.45, 7) is 7.83. The number of nitrogens with one attached hydrogen (secondary N) is 1. The largest absolute Gasteiger partial charge is 0.354 e. The van der Waals surface area contributed by atoms with Gasteiger partial charge in [0, 0.05) is 23.1 Å². The first-order chi connectivity index (χ1) is 17.4. The molecule has 0 saturated heterocycles. The summed E-state index contributed by atoms with van der Waals surface area (Å²) in [5.41, 5.74) is 1.85. The van der Waals surface area contributed by atoms with Gasteiger partial charge in [-0.05, 0) is 48.1 Å². The SMILES string of the molecule is CCCCNC(=O)[C@H](CC)N(Cc1ccc(Cl)cc1Cl)C(=O)CN(c1ccccc1C(C)C)S(C)(=O)=O. The molecule has 0 aliphatic heterocycles. The number of halogens is 2. The number of hydrogen-bond donors (Lipinski definition) is 1. The normalized spacial score (nSPS) is 12.3. The summed E-state index contributed by atoms with van der Waals surface area (Å²) in [5.74, 6) is -0.761. The summed E-state index contributed by atoms with van der Waals surface area (Å²) in [6.07, 6.45) is 3.15. The van der Waals surface area contributed by atoms with Crippen LogP contribution in [0.15, 0.2) is 42.5 Å². The van der Waals surface area contributed by atoms with Crippen molar-refractivity contribution in [2.45, 2.75) is 65.5 Å². The molecule has 0 aliphatic rings. The van der Waals surface area contributed by atoms with Crippen LogP contribution in [0.5, 0.6) is 0 Å². The third-order valence-corrected chi connectivity index (χ3v) is 7.79. The average Bonchev–Trinajstić information content (AvgIpc) is 2.83. The van der Waals surface area contributed by atoms with Crippen LogP contribution in [0.1, 0.15) is 64.0 Å². The van der Waals surface area contributed by atoms with E-state index in [9.17, 15) is 18.0 Å². The molecule has 0 radical (unpaired) electrons. The summed E-state index contributed by atoms with van der Waals surface area (Å²) in [6, 6.07) is 11.3. The van der Waals surface area contributed by atoms with E-state index in [1.165, 1.54) is 4.90 Å². The number of benzene rings is 2. The van der Waals surface area contributed by atoms with Gasteiger partial charge >= 0.3 is 0 Å². The Balaban J connectivity index is 2.50. The molecule has 0 spiro atoms. The molecule has 2 aromatic carbocycles. The average molecular weight is 571 g/mol. The lowest BCUT2D eigenvalue weighted by molar-refractivity contribution is -0.140. The maximum Gasteiger partial charge on any atom is 0.244 e. The number of amides is 2. The first-order valence-corrected chi connectivity index (χ1v) is 15.1. The molecule has 0 aliphatic carbocycles. The summed E-state index contributed by atoms with van der Waals surface area (Å²) < 4.78 is 26.9. The topological polar surface area (TPSA) is 86.8 Å². The van der Waals surface area contributed by atoms with E-state index in [0.29, 0.717) is 34.3 Å². The second kappa shape index (κ2) is 14.0. The number of rotatable bonds is 13. The molecule has 0 bridgehead atoms. The van der Waals surface area contributed by atoms with Crippen LogP contribution in [0.4, 0.5) is 5.69 Å². The Kier molecular flexibility index (Phi) is 11.7. The zero-order valence-electron chi connectivity index (χ0n) is 22.1. The van der Waals surface area contributed by atoms with Crippen molar-refractivity contribution >= 4 is 50.7 Å². The number of unbranched alkanes of at least 4 members (excludes halogenated alkanes) is 1. The number of nitrogens with zero attached hydrogens (tertiary/aromatic N) is 2. The van der Waals surface area contributed by atoms with Crippen molar-refractivity contribution in [1.82, 2.24) is 10.2 Å². The van der Waals surface area contributed by atoms with E-state index in [-0.39, 0.29) is 18.4 Å². The second-order valence-electron chi connectivity index (χ2n) is 9.31. The lowest BCUT2D eigenvalue weighted by atomic mass is 10.0. The Morgan fingerprint density at radius 2 is 1.73 bits per heavy atom. The van der Waals surface area contributed by atoms with E-state index >= 15 is 0 Å². The number of carbonyl (C=O) groups is 2. The van der Waals surface area contributed by atoms with Crippen LogP contribution >= 0.6 is 23.2 Å². The molecule has 0 saturated carbocycles. The molecule has 37 heavy (non-hydrogen) atoms. The van der Waals surface area contributed by atoms with Crippen LogP contribution in [0.3, 0.4) is 0 Å². The van der Waals surface area contributed by atoms with E-state index < -0.39 is 28.5 Å². The van der Waals surface area contributed by atoms with Crippen LogP contribution < -0.4 is 9.62 Å². The predicted octanol–water partition coefficient (Wildman–Crippen LogP) is 5.61. The van der Waals surface area contributed by atoms with Gasteiger partial charge in [0.05, 0.1) is 11.9 Å². The number of anilines is 1. The molecule has 2 amide bonds. The highest BCUT2D eigenvalue weighted by Crippen LogP contribution is 2.30. The fourth-order valence-electron chi connectivity index (χ4n) is 4.06. The molecule has 2 rings (SSSR count). The molecule has 0 unspecified atom stereocenters. The highest BCUT2D eigenvalue weighted by atomic mass is 35.5. The lowest BCUT2D eigenvalue weighted by Crippen LogP contribution is -2.52. The van der Waals surface area contributed by atoms with Gasteiger partial charge in [-0.2, -0.15) is 0 Å². The summed E-state index contributed by atoms with van der Waals surface area (Å²) in [4.78, 5) is 28.4. The highest BCUT2D eigenvalue weighted by Gasteiger charge is 2.32. The molecule has 1 N–H and O–H groups in total. The van der Waals surface area contributed by atoms with Crippen LogP contribution in [-0.4, -0.2) is 50.5 Å². The van der Waals surface area contributed by atoms with E-state index in [0.717, 1.165) is 29.0 Å². The highest BCUT2D eigenvalue weighted by molar-refractivity contribution is 7.92. The Labute approximate surface area is 231 Å². The molecule has 7 nitrogen and oxygen atoms in total.